The van der Waals surface area contributed by atoms with Crippen molar-refractivity contribution in [2.75, 3.05) is 13.2 Å². The number of rotatable bonds is 3. The van der Waals surface area contributed by atoms with Crippen molar-refractivity contribution >= 4 is 5.91 Å². The van der Waals surface area contributed by atoms with Crippen LogP contribution in [0.3, 0.4) is 0 Å². The highest BCUT2D eigenvalue weighted by atomic mass is 16.6. The van der Waals surface area contributed by atoms with Crippen molar-refractivity contribution in [2.24, 2.45) is 0 Å². The highest BCUT2D eigenvalue weighted by Gasteiger charge is 2.30. The summed E-state index contributed by atoms with van der Waals surface area (Å²) in [6.07, 6.45) is 0. The molecule has 1 atom stereocenters. The number of nitrogens with zero attached hydrogens (tertiary/aromatic N) is 4. The lowest BCUT2D eigenvalue weighted by Crippen LogP contribution is -2.40. The van der Waals surface area contributed by atoms with Crippen LogP contribution in [0.1, 0.15) is 42.1 Å². The maximum absolute atomic E-state index is 12.5. The van der Waals surface area contributed by atoms with Gasteiger partial charge in [-0.15, -0.1) is 10.2 Å². The summed E-state index contributed by atoms with van der Waals surface area (Å²) in [7, 11) is 0. The first-order valence-electron chi connectivity index (χ1n) is 7.02. The van der Waals surface area contributed by atoms with E-state index in [1.165, 1.54) is 0 Å². The van der Waals surface area contributed by atoms with Gasteiger partial charge < -0.3 is 18.6 Å². The van der Waals surface area contributed by atoms with Crippen molar-refractivity contribution in [1.29, 1.82) is 0 Å². The van der Waals surface area contributed by atoms with E-state index >= 15 is 0 Å². The molecule has 0 aromatic carbocycles. The molecule has 0 saturated heterocycles. The van der Waals surface area contributed by atoms with E-state index in [1.54, 1.807) is 17.0 Å². The van der Waals surface area contributed by atoms with Crippen molar-refractivity contribution in [3.8, 4) is 5.95 Å². The Labute approximate surface area is 122 Å². The van der Waals surface area contributed by atoms with Gasteiger partial charge in [-0.2, -0.15) is 0 Å². The summed E-state index contributed by atoms with van der Waals surface area (Å²) < 4.78 is 12.7. The summed E-state index contributed by atoms with van der Waals surface area (Å²) >= 11 is 0. The molecule has 0 radical (unpaired) electrons. The molecule has 1 amide bonds. The highest BCUT2D eigenvalue weighted by Crippen LogP contribution is 2.24. The Morgan fingerprint density at radius 1 is 1.48 bits per heavy atom. The summed E-state index contributed by atoms with van der Waals surface area (Å²) in [5.74, 6) is 2.18. The van der Waals surface area contributed by atoms with Crippen LogP contribution in [0, 0.1) is 6.92 Å². The molecule has 0 N–H and O–H groups in total. The second kappa shape index (κ2) is 5.23. The van der Waals surface area contributed by atoms with Crippen molar-refractivity contribution in [3.05, 3.63) is 29.5 Å². The number of carbonyl (C=O) groups excluding carboxylic acids is 1. The largest absolute Gasteiger partial charge is 0.465 e. The van der Waals surface area contributed by atoms with E-state index in [0.29, 0.717) is 25.6 Å². The zero-order valence-corrected chi connectivity index (χ0v) is 12.4. The standard InChI is InChI=1S/C14H18N4O3/c1-4-20-13-6-5-11(21-13)14(19)17-7-9(2)18-10(3)15-16-12(18)8-17/h5-6,9H,4,7-8H2,1-3H3/t9-/m1/s1. The third kappa shape index (κ3) is 2.39. The highest BCUT2D eigenvalue weighted by molar-refractivity contribution is 5.91. The lowest BCUT2D eigenvalue weighted by molar-refractivity contribution is 0.0640. The van der Waals surface area contributed by atoms with Crippen LogP contribution in [0.25, 0.3) is 0 Å². The van der Waals surface area contributed by atoms with Gasteiger partial charge in [0.1, 0.15) is 5.82 Å². The molecule has 2 aromatic heterocycles. The molecule has 7 nitrogen and oxygen atoms in total. The molecule has 0 fully saturated rings. The van der Waals surface area contributed by atoms with Crippen LogP contribution in [0.5, 0.6) is 5.95 Å². The van der Waals surface area contributed by atoms with Gasteiger partial charge in [0.15, 0.2) is 11.6 Å². The predicted octanol–water partition coefficient (Wildman–Crippen LogP) is 1.80. The molecule has 1 aliphatic heterocycles. The van der Waals surface area contributed by atoms with Crippen LogP contribution in [0.2, 0.25) is 0 Å². The number of aryl methyl sites for hydroxylation is 1. The first-order chi connectivity index (χ1) is 10.1. The molecule has 0 spiro atoms. The SMILES string of the molecule is CCOc1ccc(C(=O)N2Cc3nnc(C)n3[C@H](C)C2)o1. The maximum Gasteiger partial charge on any atom is 0.290 e. The van der Waals surface area contributed by atoms with Gasteiger partial charge in [-0.1, -0.05) is 0 Å². The minimum atomic E-state index is -0.153. The van der Waals surface area contributed by atoms with E-state index in [0.717, 1.165) is 11.6 Å². The van der Waals surface area contributed by atoms with Crippen molar-refractivity contribution < 1.29 is 13.9 Å². The zero-order chi connectivity index (χ0) is 15.0. The molecule has 112 valence electrons. The van der Waals surface area contributed by atoms with Gasteiger partial charge in [0, 0.05) is 12.6 Å². The van der Waals surface area contributed by atoms with Crippen molar-refractivity contribution in [2.45, 2.75) is 33.4 Å². The number of hydrogen-bond acceptors (Lipinski definition) is 5. The molecule has 0 bridgehead atoms. The van der Waals surface area contributed by atoms with Gasteiger partial charge in [-0.3, -0.25) is 4.79 Å². The quantitative estimate of drug-likeness (QED) is 0.861. The van der Waals surface area contributed by atoms with Crippen LogP contribution in [-0.2, 0) is 6.54 Å². The lowest BCUT2D eigenvalue weighted by Gasteiger charge is -2.31. The molecule has 1 aliphatic rings. The first-order valence-corrected chi connectivity index (χ1v) is 7.02. The van der Waals surface area contributed by atoms with Gasteiger partial charge in [0.2, 0.25) is 0 Å². The lowest BCUT2D eigenvalue weighted by atomic mass is 10.2. The number of aromatic nitrogens is 3. The van der Waals surface area contributed by atoms with E-state index in [-0.39, 0.29) is 17.7 Å². The Morgan fingerprint density at radius 3 is 3.05 bits per heavy atom. The molecule has 21 heavy (non-hydrogen) atoms. The topological polar surface area (TPSA) is 73.4 Å². The van der Waals surface area contributed by atoms with Gasteiger partial charge in [0.05, 0.1) is 19.2 Å². The summed E-state index contributed by atoms with van der Waals surface area (Å²) in [5.41, 5.74) is 0. The number of amides is 1. The van der Waals surface area contributed by atoms with E-state index < -0.39 is 0 Å². The molecule has 0 unspecified atom stereocenters. The van der Waals surface area contributed by atoms with Gasteiger partial charge in [0.25, 0.3) is 11.9 Å². The van der Waals surface area contributed by atoms with E-state index in [2.05, 4.69) is 14.8 Å². The zero-order valence-electron chi connectivity index (χ0n) is 12.4. The van der Waals surface area contributed by atoms with Crippen LogP contribution in [0.15, 0.2) is 16.5 Å². The third-order valence-electron chi connectivity index (χ3n) is 3.56. The Bertz CT molecular complexity index is 661. The Kier molecular flexibility index (Phi) is 3.40. The van der Waals surface area contributed by atoms with Crippen LogP contribution >= 0.6 is 0 Å². The van der Waals surface area contributed by atoms with Crippen LogP contribution < -0.4 is 4.74 Å². The molecule has 0 aliphatic carbocycles. The molecule has 0 saturated carbocycles. The molecule has 3 heterocycles. The minimum Gasteiger partial charge on any atom is -0.465 e. The third-order valence-corrected chi connectivity index (χ3v) is 3.56. The van der Waals surface area contributed by atoms with Crippen LogP contribution in [0.4, 0.5) is 0 Å². The van der Waals surface area contributed by atoms with E-state index in [9.17, 15) is 4.79 Å². The maximum atomic E-state index is 12.5. The summed E-state index contributed by atoms with van der Waals surface area (Å²) in [5, 5.41) is 8.21. The van der Waals surface area contributed by atoms with Gasteiger partial charge in [-0.05, 0) is 26.8 Å². The Morgan fingerprint density at radius 2 is 2.29 bits per heavy atom. The van der Waals surface area contributed by atoms with E-state index in [4.69, 9.17) is 9.15 Å². The van der Waals surface area contributed by atoms with Gasteiger partial charge >= 0.3 is 0 Å². The van der Waals surface area contributed by atoms with Gasteiger partial charge in [-0.25, -0.2) is 0 Å². The number of ether oxygens (including phenoxy) is 1. The number of hydrogen-bond donors (Lipinski definition) is 0. The fraction of sp³-hybridized carbons (Fsp3) is 0.500. The first kappa shape index (κ1) is 13.7. The summed E-state index contributed by atoms with van der Waals surface area (Å²) in [6.45, 7) is 7.39. The molecule has 3 rings (SSSR count). The molecular formula is C14H18N4O3. The molecule has 7 heteroatoms. The molecule has 2 aromatic rings. The van der Waals surface area contributed by atoms with Crippen molar-refractivity contribution in [3.63, 3.8) is 0 Å². The monoisotopic (exact) mass is 290 g/mol. The minimum absolute atomic E-state index is 0.147. The second-order valence-corrected chi connectivity index (χ2v) is 5.12. The summed E-state index contributed by atoms with van der Waals surface area (Å²) in [4.78, 5) is 14.2. The summed E-state index contributed by atoms with van der Waals surface area (Å²) in [6, 6.07) is 3.45. The fourth-order valence-corrected chi connectivity index (χ4v) is 2.70. The normalized spacial score (nSPS) is 17.7. The number of carbonyl (C=O) groups is 1. The Hall–Kier alpha value is -2.31. The molecular weight excluding hydrogens is 272 g/mol. The second-order valence-electron chi connectivity index (χ2n) is 5.12. The van der Waals surface area contributed by atoms with E-state index in [1.807, 2.05) is 20.8 Å². The number of fused-ring (bicyclic) bond motifs is 1. The smallest absolute Gasteiger partial charge is 0.290 e. The number of furan rings is 1. The average molecular weight is 290 g/mol. The average Bonchev–Trinajstić information content (AvgIpc) is 3.06. The Balaban J connectivity index is 1.80. The predicted molar refractivity (Wildman–Crippen MR) is 74.1 cm³/mol. The van der Waals surface area contributed by atoms with Crippen molar-refractivity contribution in [1.82, 2.24) is 19.7 Å². The van der Waals surface area contributed by atoms with Crippen LogP contribution in [-0.4, -0.2) is 38.7 Å². The fourth-order valence-electron chi connectivity index (χ4n) is 2.70.